The van der Waals surface area contributed by atoms with Crippen LogP contribution in [-0.4, -0.2) is 45.3 Å². The lowest BCUT2D eigenvalue weighted by atomic mass is 9.87. The number of benzene rings is 6. The molecule has 4 nitrogen and oxygen atoms in total. The number of urea groups is 1. The molecule has 5 heteroatoms. The van der Waals surface area contributed by atoms with E-state index >= 15 is 4.39 Å². The quantitative estimate of drug-likeness (QED) is 0.179. The van der Waals surface area contributed by atoms with Crippen LogP contribution < -0.4 is 0 Å². The van der Waals surface area contributed by atoms with E-state index in [9.17, 15) is 9.90 Å². The Morgan fingerprint density at radius 3 is 1.61 bits per heavy atom. The number of nitrogens with zero attached hydrogens (tertiary/aromatic N) is 2. The molecule has 0 aliphatic carbocycles. The summed E-state index contributed by atoms with van der Waals surface area (Å²) in [6, 6.07) is 45.9. The zero-order valence-corrected chi connectivity index (χ0v) is 25.6. The van der Waals surface area contributed by atoms with E-state index in [0.717, 1.165) is 43.8 Å². The van der Waals surface area contributed by atoms with Crippen molar-refractivity contribution < 1.29 is 14.3 Å². The first-order chi connectivity index (χ1) is 22.5. The molecule has 0 spiro atoms. The van der Waals surface area contributed by atoms with Gasteiger partial charge in [0.2, 0.25) is 0 Å². The average molecular weight is 609 g/mol. The zero-order chi connectivity index (χ0) is 31.5. The molecule has 6 aromatic rings. The molecule has 1 N–H and O–H groups in total. The predicted molar refractivity (Wildman–Crippen MR) is 183 cm³/mol. The summed E-state index contributed by atoms with van der Waals surface area (Å²) < 4.78 is 16.7. The van der Waals surface area contributed by atoms with Crippen LogP contribution in [0.15, 0.2) is 146 Å². The topological polar surface area (TPSA) is 43.8 Å². The largest absolute Gasteiger partial charge is 0.389 e. The number of carbonyl (C=O) groups is 1. The van der Waals surface area contributed by atoms with E-state index in [2.05, 4.69) is 36.4 Å². The maximum Gasteiger partial charge on any atom is 0.321 e. The molecule has 1 fully saturated rings. The maximum absolute atomic E-state index is 16.7. The Kier molecular flexibility index (Phi) is 8.49. The molecule has 0 radical (unpaired) electrons. The van der Waals surface area contributed by atoms with Gasteiger partial charge in [-0.05, 0) is 62.4 Å². The van der Waals surface area contributed by atoms with Gasteiger partial charge >= 0.3 is 6.03 Å². The summed E-state index contributed by atoms with van der Waals surface area (Å²) in [5, 5.41) is 16.6. The molecule has 1 saturated heterocycles. The number of aliphatic hydroxyl groups is 1. The number of hydrogen-bond acceptors (Lipinski definition) is 2. The van der Waals surface area contributed by atoms with Gasteiger partial charge in [-0.3, -0.25) is 0 Å². The molecule has 0 aromatic heterocycles. The Balaban J connectivity index is 1.28. The Morgan fingerprint density at radius 1 is 0.565 bits per heavy atom. The Bertz CT molecular complexity index is 1950. The van der Waals surface area contributed by atoms with Crippen LogP contribution in [0.5, 0.6) is 0 Å². The van der Waals surface area contributed by atoms with Crippen LogP contribution in [-0.2, 0) is 25.9 Å². The monoisotopic (exact) mass is 608 g/mol. The summed E-state index contributed by atoms with van der Waals surface area (Å²) in [6.07, 6.45) is -2.08. The number of carbonyl (C=O) groups excluding carboxylic acids is 1. The highest BCUT2D eigenvalue weighted by Crippen LogP contribution is 2.33. The van der Waals surface area contributed by atoms with Gasteiger partial charge in [-0.2, -0.15) is 0 Å². The second-order valence-corrected chi connectivity index (χ2v) is 12.3. The fourth-order valence-electron chi connectivity index (χ4n) is 6.91. The smallest absolute Gasteiger partial charge is 0.321 e. The molecule has 7 rings (SSSR count). The summed E-state index contributed by atoms with van der Waals surface area (Å²) in [6.45, 7) is 0.488. The first kappa shape index (κ1) is 29.7. The van der Waals surface area contributed by atoms with Crippen molar-refractivity contribution in [1.29, 1.82) is 0 Å². The van der Waals surface area contributed by atoms with E-state index in [0.29, 0.717) is 13.0 Å². The molecule has 0 saturated carbocycles. The number of aliphatic hydroxyl groups excluding tert-OH is 1. The number of amides is 2. The third-order valence-corrected chi connectivity index (χ3v) is 9.26. The van der Waals surface area contributed by atoms with Crippen LogP contribution in [0.2, 0.25) is 0 Å². The van der Waals surface area contributed by atoms with E-state index < -0.39 is 24.4 Å². The van der Waals surface area contributed by atoms with Gasteiger partial charge in [0.15, 0.2) is 0 Å². The van der Waals surface area contributed by atoms with Crippen molar-refractivity contribution >= 4 is 27.6 Å². The van der Waals surface area contributed by atoms with Crippen molar-refractivity contribution in [2.24, 2.45) is 0 Å². The second kappa shape index (κ2) is 13.2. The van der Waals surface area contributed by atoms with Crippen LogP contribution in [0.25, 0.3) is 21.5 Å². The van der Waals surface area contributed by atoms with Crippen molar-refractivity contribution in [2.45, 2.75) is 50.3 Å². The van der Waals surface area contributed by atoms with Gasteiger partial charge in [-0.25, -0.2) is 9.18 Å². The molecule has 0 bridgehead atoms. The maximum atomic E-state index is 16.7. The Hall–Kier alpha value is -5.00. The van der Waals surface area contributed by atoms with E-state index in [1.165, 1.54) is 0 Å². The summed E-state index contributed by atoms with van der Waals surface area (Å²) in [5.41, 5.74) is 3.67. The van der Waals surface area contributed by atoms with Crippen LogP contribution in [0.3, 0.4) is 0 Å². The van der Waals surface area contributed by atoms with Crippen LogP contribution in [0.1, 0.15) is 22.3 Å². The zero-order valence-electron chi connectivity index (χ0n) is 25.6. The number of halogens is 1. The molecule has 4 atom stereocenters. The van der Waals surface area contributed by atoms with Crippen molar-refractivity contribution in [3.05, 3.63) is 168 Å². The van der Waals surface area contributed by atoms with Crippen LogP contribution in [0.4, 0.5) is 9.18 Å². The normalized spacial score (nSPS) is 19.1. The highest BCUT2D eigenvalue weighted by atomic mass is 19.1. The van der Waals surface area contributed by atoms with Gasteiger partial charge < -0.3 is 14.9 Å². The molecule has 1 heterocycles. The molecule has 2 amide bonds. The number of alkyl halides is 1. The molecule has 1 aliphatic heterocycles. The Morgan fingerprint density at radius 2 is 1.04 bits per heavy atom. The summed E-state index contributed by atoms with van der Waals surface area (Å²) in [7, 11) is 0. The van der Waals surface area contributed by atoms with Crippen molar-refractivity contribution in [2.75, 3.05) is 0 Å². The molecular formula is C41H37FN2O2. The SMILES string of the molecule is O=C1N(Cc2ccc3ccccc3c2)[C@H](Cc2ccccc2)[C@H](O)[C@@H](C(F)Cc2ccccc2)N1Cc1ccc2ccccc2c1. The average Bonchev–Trinajstić information content (AvgIpc) is 3.09. The van der Waals surface area contributed by atoms with Crippen molar-refractivity contribution in [3.63, 3.8) is 0 Å². The van der Waals surface area contributed by atoms with Crippen LogP contribution in [0, 0.1) is 0 Å². The molecule has 1 unspecified atom stereocenters. The number of hydrogen-bond donors (Lipinski definition) is 1. The van der Waals surface area contributed by atoms with E-state index in [-0.39, 0.29) is 19.0 Å². The first-order valence-corrected chi connectivity index (χ1v) is 16.0. The predicted octanol–water partition coefficient (Wildman–Crippen LogP) is 8.35. The summed E-state index contributed by atoms with van der Waals surface area (Å²) in [5.74, 6) is 0. The highest BCUT2D eigenvalue weighted by Gasteiger charge is 2.49. The minimum absolute atomic E-state index is 0.104. The molecule has 230 valence electrons. The number of fused-ring (bicyclic) bond motifs is 2. The summed E-state index contributed by atoms with van der Waals surface area (Å²) >= 11 is 0. The lowest BCUT2D eigenvalue weighted by Crippen LogP contribution is -2.68. The van der Waals surface area contributed by atoms with Gasteiger partial charge in [-0.1, -0.05) is 133 Å². The molecular weight excluding hydrogens is 571 g/mol. The van der Waals surface area contributed by atoms with Gasteiger partial charge in [0.25, 0.3) is 0 Å². The first-order valence-electron chi connectivity index (χ1n) is 16.0. The number of rotatable bonds is 9. The van der Waals surface area contributed by atoms with Gasteiger partial charge in [0.05, 0.1) is 18.2 Å². The molecule has 46 heavy (non-hydrogen) atoms. The lowest BCUT2D eigenvalue weighted by Gasteiger charge is -2.50. The second-order valence-electron chi connectivity index (χ2n) is 12.3. The molecule has 1 aliphatic rings. The third-order valence-electron chi connectivity index (χ3n) is 9.26. The Labute approximate surface area is 269 Å². The van der Waals surface area contributed by atoms with Gasteiger partial charge in [-0.15, -0.1) is 0 Å². The third kappa shape index (κ3) is 6.24. The van der Waals surface area contributed by atoms with Crippen molar-refractivity contribution in [1.82, 2.24) is 9.80 Å². The van der Waals surface area contributed by atoms with E-state index in [1.807, 2.05) is 109 Å². The fourth-order valence-corrected chi connectivity index (χ4v) is 6.91. The van der Waals surface area contributed by atoms with Gasteiger partial charge in [0, 0.05) is 19.5 Å². The molecule has 6 aromatic carbocycles. The lowest BCUT2D eigenvalue weighted by molar-refractivity contribution is -0.0670. The fraction of sp³-hybridized carbons (Fsp3) is 0.195. The van der Waals surface area contributed by atoms with Crippen molar-refractivity contribution in [3.8, 4) is 0 Å². The summed E-state index contributed by atoms with van der Waals surface area (Å²) in [4.78, 5) is 18.1. The highest BCUT2D eigenvalue weighted by molar-refractivity contribution is 5.84. The minimum Gasteiger partial charge on any atom is -0.389 e. The standard InChI is InChI=1S/C41H37FN2O2/c42-37(25-29-11-3-1-4-12-29)39-40(45)38(26-30-13-5-2-6-14-30)43(27-31-19-21-33-15-7-9-17-35(33)23-31)41(46)44(39)28-32-20-22-34-16-8-10-18-36(34)24-32/h1-24,37-40,45H,25-28H2/t37?,38-,39-,40+/m1/s1. The van der Waals surface area contributed by atoms with E-state index in [4.69, 9.17) is 0 Å². The van der Waals surface area contributed by atoms with Crippen LogP contribution >= 0.6 is 0 Å². The minimum atomic E-state index is -1.47. The van der Waals surface area contributed by atoms with Gasteiger partial charge in [0.1, 0.15) is 6.17 Å². The van der Waals surface area contributed by atoms with E-state index in [1.54, 1.807) is 9.80 Å².